The molecule has 4 rings (SSSR count). The number of aromatic nitrogens is 3. The van der Waals surface area contributed by atoms with Gasteiger partial charge in [-0.05, 0) is 42.3 Å². The molecule has 2 aromatic carbocycles. The number of fused-ring (bicyclic) bond motifs is 1. The van der Waals surface area contributed by atoms with E-state index >= 15 is 0 Å². The van der Waals surface area contributed by atoms with E-state index in [1.165, 1.54) is 11.8 Å². The van der Waals surface area contributed by atoms with Crippen molar-refractivity contribution in [3.05, 3.63) is 70.9 Å². The highest BCUT2D eigenvalue weighted by Crippen LogP contribution is 2.31. The number of hydrogen-bond acceptors (Lipinski definition) is 5. The Morgan fingerprint density at radius 2 is 1.92 bits per heavy atom. The van der Waals surface area contributed by atoms with Gasteiger partial charge in [-0.25, -0.2) is 0 Å². The first-order valence-electron chi connectivity index (χ1n) is 7.77. The molecule has 0 aliphatic rings. The fourth-order valence-electron chi connectivity index (χ4n) is 2.64. The molecule has 0 aliphatic heterocycles. The lowest BCUT2D eigenvalue weighted by Gasteiger charge is -2.05. The Balaban J connectivity index is 1.57. The third-order valence-corrected chi connectivity index (χ3v) is 5.13. The molecule has 4 nitrogen and oxygen atoms in total. The summed E-state index contributed by atoms with van der Waals surface area (Å²) in [7, 11) is 0. The van der Waals surface area contributed by atoms with E-state index < -0.39 is 0 Å². The lowest BCUT2D eigenvalue weighted by molar-refractivity contribution is 0.465. The number of benzene rings is 2. The van der Waals surface area contributed by atoms with Crippen LogP contribution in [0.2, 0.25) is 5.02 Å². The molecule has 0 atom stereocenters. The van der Waals surface area contributed by atoms with Crippen molar-refractivity contribution in [1.29, 1.82) is 0 Å². The van der Waals surface area contributed by atoms with Crippen LogP contribution < -0.4 is 0 Å². The Kier molecular flexibility index (Phi) is 4.42. The van der Waals surface area contributed by atoms with Gasteiger partial charge in [0, 0.05) is 27.9 Å². The SMILES string of the molecule is Cc1ccccc1-c1nnc(SCc2ccc(Cl)c3cccnc23)o1. The van der Waals surface area contributed by atoms with Gasteiger partial charge in [-0.1, -0.05) is 47.6 Å². The number of aryl methyl sites for hydroxylation is 1. The van der Waals surface area contributed by atoms with Gasteiger partial charge in [-0.15, -0.1) is 10.2 Å². The Labute approximate surface area is 154 Å². The maximum atomic E-state index is 6.24. The summed E-state index contributed by atoms with van der Waals surface area (Å²) in [5.74, 6) is 1.22. The highest BCUT2D eigenvalue weighted by Gasteiger charge is 2.12. The topological polar surface area (TPSA) is 51.8 Å². The molecular weight excluding hydrogens is 354 g/mol. The van der Waals surface area contributed by atoms with Gasteiger partial charge >= 0.3 is 0 Å². The first-order chi connectivity index (χ1) is 12.2. The summed E-state index contributed by atoms with van der Waals surface area (Å²) in [6.07, 6.45) is 1.77. The number of pyridine rings is 1. The zero-order chi connectivity index (χ0) is 17.2. The molecule has 0 amide bonds. The van der Waals surface area contributed by atoms with E-state index in [2.05, 4.69) is 15.2 Å². The smallest absolute Gasteiger partial charge is 0.277 e. The van der Waals surface area contributed by atoms with Gasteiger partial charge < -0.3 is 4.42 Å². The molecule has 0 aliphatic carbocycles. The van der Waals surface area contributed by atoms with Crippen molar-refractivity contribution in [2.45, 2.75) is 17.9 Å². The number of nitrogens with zero attached hydrogens (tertiary/aromatic N) is 3. The minimum absolute atomic E-state index is 0.539. The van der Waals surface area contributed by atoms with Crippen LogP contribution in [-0.2, 0) is 5.75 Å². The average molecular weight is 368 g/mol. The summed E-state index contributed by atoms with van der Waals surface area (Å²) in [6.45, 7) is 2.03. The number of hydrogen-bond donors (Lipinski definition) is 0. The fourth-order valence-corrected chi connectivity index (χ4v) is 3.61. The molecule has 2 aromatic heterocycles. The van der Waals surface area contributed by atoms with Crippen molar-refractivity contribution >= 4 is 34.3 Å². The van der Waals surface area contributed by atoms with Crippen molar-refractivity contribution in [3.8, 4) is 11.5 Å². The van der Waals surface area contributed by atoms with Gasteiger partial charge in [0.05, 0.1) is 5.52 Å². The van der Waals surface area contributed by atoms with E-state index in [1.807, 2.05) is 55.5 Å². The quantitative estimate of drug-likeness (QED) is 0.443. The fraction of sp³-hybridized carbons (Fsp3) is 0.105. The molecule has 6 heteroatoms. The zero-order valence-electron chi connectivity index (χ0n) is 13.4. The van der Waals surface area contributed by atoms with Gasteiger partial charge in [0.15, 0.2) is 0 Å². The van der Waals surface area contributed by atoms with E-state index in [0.29, 0.717) is 21.9 Å². The number of thioether (sulfide) groups is 1. The molecule has 0 unspecified atom stereocenters. The van der Waals surface area contributed by atoms with Crippen LogP contribution in [0.5, 0.6) is 0 Å². The summed E-state index contributed by atoms with van der Waals surface area (Å²) >= 11 is 7.74. The third-order valence-electron chi connectivity index (χ3n) is 3.93. The van der Waals surface area contributed by atoms with E-state index in [1.54, 1.807) is 6.20 Å². The molecule has 0 N–H and O–H groups in total. The second-order valence-corrected chi connectivity index (χ2v) is 6.92. The third kappa shape index (κ3) is 3.25. The summed E-state index contributed by atoms with van der Waals surface area (Å²) in [4.78, 5) is 4.45. The van der Waals surface area contributed by atoms with Crippen LogP contribution in [0.25, 0.3) is 22.4 Å². The average Bonchev–Trinajstić information content (AvgIpc) is 3.11. The van der Waals surface area contributed by atoms with Crippen LogP contribution in [0, 0.1) is 6.92 Å². The number of halogens is 1. The van der Waals surface area contributed by atoms with Crippen molar-refractivity contribution in [1.82, 2.24) is 15.2 Å². The Morgan fingerprint density at radius 3 is 2.80 bits per heavy atom. The molecule has 0 saturated carbocycles. The van der Waals surface area contributed by atoms with Crippen LogP contribution in [-0.4, -0.2) is 15.2 Å². The largest absolute Gasteiger partial charge is 0.411 e. The molecule has 0 saturated heterocycles. The van der Waals surface area contributed by atoms with Crippen molar-refractivity contribution in [2.24, 2.45) is 0 Å². The van der Waals surface area contributed by atoms with E-state index in [4.69, 9.17) is 16.0 Å². The van der Waals surface area contributed by atoms with Crippen molar-refractivity contribution in [2.75, 3.05) is 0 Å². The molecule has 25 heavy (non-hydrogen) atoms. The van der Waals surface area contributed by atoms with Gasteiger partial charge in [-0.2, -0.15) is 0 Å². The normalized spacial score (nSPS) is 11.1. The van der Waals surface area contributed by atoms with Crippen LogP contribution >= 0.6 is 23.4 Å². The van der Waals surface area contributed by atoms with Crippen LogP contribution in [0.3, 0.4) is 0 Å². The lowest BCUT2D eigenvalue weighted by atomic mass is 10.1. The zero-order valence-corrected chi connectivity index (χ0v) is 15.0. The minimum Gasteiger partial charge on any atom is -0.411 e. The van der Waals surface area contributed by atoms with E-state index in [0.717, 1.165) is 27.6 Å². The van der Waals surface area contributed by atoms with Crippen molar-refractivity contribution < 1.29 is 4.42 Å². The van der Waals surface area contributed by atoms with Gasteiger partial charge in [0.2, 0.25) is 5.89 Å². The maximum Gasteiger partial charge on any atom is 0.277 e. The van der Waals surface area contributed by atoms with Gasteiger partial charge in [0.1, 0.15) is 0 Å². The Hall–Kier alpha value is -2.37. The van der Waals surface area contributed by atoms with Crippen LogP contribution in [0.15, 0.2) is 64.4 Å². The molecule has 124 valence electrons. The molecule has 0 bridgehead atoms. The minimum atomic E-state index is 0.539. The van der Waals surface area contributed by atoms with E-state index in [9.17, 15) is 0 Å². The second kappa shape index (κ2) is 6.86. The number of rotatable bonds is 4. The molecule has 4 aromatic rings. The summed E-state index contributed by atoms with van der Waals surface area (Å²) in [5, 5.41) is 10.5. The standard InChI is InChI=1S/C19H14ClN3OS/c1-12-5-2-3-6-14(12)18-22-23-19(24-18)25-11-13-8-9-16(20)15-7-4-10-21-17(13)15/h2-10H,11H2,1H3. The predicted octanol–water partition coefficient (Wildman–Crippen LogP) is 5.54. The molecule has 0 fully saturated rings. The summed E-state index contributed by atoms with van der Waals surface area (Å²) in [5.41, 5.74) is 4.05. The van der Waals surface area contributed by atoms with Crippen molar-refractivity contribution in [3.63, 3.8) is 0 Å². The van der Waals surface area contributed by atoms with Gasteiger partial charge in [0.25, 0.3) is 5.22 Å². The monoisotopic (exact) mass is 367 g/mol. The van der Waals surface area contributed by atoms with Crippen LogP contribution in [0.1, 0.15) is 11.1 Å². The second-order valence-electron chi connectivity index (χ2n) is 5.58. The first-order valence-corrected chi connectivity index (χ1v) is 9.13. The Morgan fingerprint density at radius 1 is 1.04 bits per heavy atom. The molecule has 0 spiro atoms. The Bertz CT molecular complexity index is 1050. The molecule has 0 radical (unpaired) electrons. The summed E-state index contributed by atoms with van der Waals surface area (Å²) in [6, 6.07) is 15.7. The van der Waals surface area contributed by atoms with Crippen LogP contribution in [0.4, 0.5) is 0 Å². The van der Waals surface area contributed by atoms with Gasteiger partial charge in [-0.3, -0.25) is 4.98 Å². The maximum absolute atomic E-state index is 6.24. The first kappa shape index (κ1) is 16.1. The summed E-state index contributed by atoms with van der Waals surface area (Å²) < 4.78 is 5.80. The highest BCUT2D eigenvalue weighted by atomic mass is 35.5. The molecule has 2 heterocycles. The molecular formula is C19H14ClN3OS. The highest BCUT2D eigenvalue weighted by molar-refractivity contribution is 7.98. The lowest BCUT2D eigenvalue weighted by Crippen LogP contribution is -1.88. The predicted molar refractivity (Wildman–Crippen MR) is 101 cm³/mol. The van der Waals surface area contributed by atoms with E-state index in [-0.39, 0.29) is 0 Å².